The van der Waals surface area contributed by atoms with Crippen molar-refractivity contribution in [3.8, 4) is 0 Å². The number of hydrogen-bond donors (Lipinski definition) is 2. The van der Waals surface area contributed by atoms with E-state index in [0.717, 1.165) is 31.2 Å². The number of nitrogens with zero attached hydrogens (tertiary/aromatic N) is 2. The summed E-state index contributed by atoms with van der Waals surface area (Å²) in [5.41, 5.74) is 1.67. The van der Waals surface area contributed by atoms with Crippen LogP contribution in [0, 0.1) is 0 Å². The lowest BCUT2D eigenvalue weighted by molar-refractivity contribution is 0.0933. The maximum absolute atomic E-state index is 12.3. The lowest BCUT2D eigenvalue weighted by atomic mass is 10.2. The Kier molecular flexibility index (Phi) is 5.15. The minimum atomic E-state index is -0.232. The van der Waals surface area contributed by atoms with E-state index in [4.69, 9.17) is 0 Å². The van der Waals surface area contributed by atoms with Crippen LogP contribution < -0.4 is 10.6 Å². The summed E-state index contributed by atoms with van der Waals surface area (Å²) in [7, 11) is 0. The Balaban J connectivity index is 1.61. The summed E-state index contributed by atoms with van der Waals surface area (Å²) < 4.78 is 0. The second-order valence-electron chi connectivity index (χ2n) is 5.92. The van der Waals surface area contributed by atoms with Crippen LogP contribution >= 0.6 is 0 Å². The van der Waals surface area contributed by atoms with Crippen molar-refractivity contribution < 1.29 is 9.59 Å². The first-order valence-electron chi connectivity index (χ1n) is 8.16. The highest BCUT2D eigenvalue weighted by Crippen LogP contribution is 2.18. The Labute approximate surface area is 140 Å². The maximum Gasteiger partial charge on any atom is 0.270 e. The van der Waals surface area contributed by atoms with Gasteiger partial charge in [0.2, 0.25) is 0 Å². The molecule has 6 nitrogen and oxygen atoms in total. The first-order chi connectivity index (χ1) is 11.7. The predicted molar refractivity (Wildman–Crippen MR) is 89.4 cm³/mol. The molecule has 1 fully saturated rings. The van der Waals surface area contributed by atoms with Crippen molar-refractivity contribution in [3.63, 3.8) is 0 Å². The van der Waals surface area contributed by atoms with E-state index < -0.39 is 0 Å². The van der Waals surface area contributed by atoms with Crippen LogP contribution in [-0.4, -0.2) is 27.8 Å². The third kappa shape index (κ3) is 4.16. The van der Waals surface area contributed by atoms with Crippen LogP contribution in [0.25, 0.3) is 0 Å². The summed E-state index contributed by atoms with van der Waals surface area (Å²) >= 11 is 0. The molecule has 0 spiro atoms. The van der Waals surface area contributed by atoms with Crippen molar-refractivity contribution >= 4 is 11.8 Å². The summed E-state index contributed by atoms with van der Waals surface area (Å²) in [5, 5.41) is 5.81. The molecule has 2 aromatic heterocycles. The van der Waals surface area contributed by atoms with Crippen LogP contribution in [0.4, 0.5) is 0 Å². The molecule has 6 heteroatoms. The molecule has 0 bridgehead atoms. The quantitative estimate of drug-likeness (QED) is 0.882. The Bertz CT molecular complexity index is 712. The minimum Gasteiger partial charge on any atom is -0.348 e. The lowest BCUT2D eigenvalue weighted by Gasteiger charge is -2.12. The average Bonchev–Trinajstić information content (AvgIpc) is 3.13. The molecule has 24 heavy (non-hydrogen) atoms. The normalized spacial score (nSPS) is 14.3. The van der Waals surface area contributed by atoms with Gasteiger partial charge in [-0.1, -0.05) is 12.8 Å². The van der Waals surface area contributed by atoms with E-state index in [1.54, 1.807) is 18.5 Å². The zero-order valence-corrected chi connectivity index (χ0v) is 13.4. The third-order valence-electron chi connectivity index (χ3n) is 4.15. The van der Waals surface area contributed by atoms with Crippen molar-refractivity contribution in [2.45, 2.75) is 38.3 Å². The number of pyridine rings is 2. The van der Waals surface area contributed by atoms with Gasteiger partial charge in [0, 0.05) is 36.7 Å². The van der Waals surface area contributed by atoms with Gasteiger partial charge in [-0.25, -0.2) is 0 Å². The molecule has 0 radical (unpaired) electrons. The summed E-state index contributed by atoms with van der Waals surface area (Å²) in [6.45, 7) is 0.410. The SMILES string of the molecule is O=C(NCc1ccncc1)c1ccnc(C(=O)NC2CCCC2)c1. The first kappa shape index (κ1) is 16.1. The highest BCUT2D eigenvalue weighted by molar-refractivity contribution is 5.98. The zero-order chi connectivity index (χ0) is 16.8. The van der Waals surface area contributed by atoms with E-state index in [1.165, 1.54) is 12.3 Å². The van der Waals surface area contributed by atoms with Crippen LogP contribution in [-0.2, 0) is 6.54 Å². The molecule has 1 aliphatic rings. The lowest BCUT2D eigenvalue weighted by Crippen LogP contribution is -2.33. The fraction of sp³-hybridized carbons (Fsp3) is 0.333. The van der Waals surface area contributed by atoms with E-state index in [2.05, 4.69) is 20.6 Å². The van der Waals surface area contributed by atoms with Crippen LogP contribution in [0.3, 0.4) is 0 Å². The minimum absolute atomic E-state index is 0.217. The summed E-state index contributed by atoms with van der Waals surface area (Å²) in [5.74, 6) is -0.449. The van der Waals surface area contributed by atoms with E-state index in [-0.39, 0.29) is 23.6 Å². The Morgan fingerprint density at radius 2 is 1.79 bits per heavy atom. The number of hydrogen-bond acceptors (Lipinski definition) is 4. The third-order valence-corrected chi connectivity index (χ3v) is 4.15. The number of rotatable bonds is 5. The highest BCUT2D eigenvalue weighted by atomic mass is 16.2. The van der Waals surface area contributed by atoms with Gasteiger partial charge >= 0.3 is 0 Å². The fourth-order valence-corrected chi connectivity index (χ4v) is 2.81. The highest BCUT2D eigenvalue weighted by Gasteiger charge is 2.19. The van der Waals surface area contributed by atoms with Gasteiger partial charge in [-0.15, -0.1) is 0 Å². The standard InChI is InChI=1S/C18H20N4O2/c23-17(21-12-13-5-8-19-9-6-13)14-7-10-20-16(11-14)18(24)22-15-3-1-2-4-15/h5-11,15H,1-4,12H2,(H,21,23)(H,22,24). The van der Waals surface area contributed by atoms with Crippen LogP contribution in [0.15, 0.2) is 42.9 Å². The van der Waals surface area contributed by atoms with Crippen molar-refractivity contribution in [2.24, 2.45) is 0 Å². The molecule has 2 heterocycles. The number of carbonyl (C=O) groups is 2. The van der Waals surface area contributed by atoms with Crippen LogP contribution in [0.2, 0.25) is 0 Å². The van der Waals surface area contributed by atoms with E-state index >= 15 is 0 Å². The number of carbonyl (C=O) groups excluding carboxylic acids is 2. The van der Waals surface area contributed by atoms with Gasteiger partial charge in [0.25, 0.3) is 11.8 Å². The molecule has 2 amide bonds. The van der Waals surface area contributed by atoms with Crippen molar-refractivity contribution in [1.82, 2.24) is 20.6 Å². The number of nitrogens with one attached hydrogen (secondary N) is 2. The Morgan fingerprint density at radius 3 is 2.54 bits per heavy atom. The second kappa shape index (κ2) is 7.68. The first-order valence-corrected chi connectivity index (χ1v) is 8.16. The smallest absolute Gasteiger partial charge is 0.270 e. The molecule has 2 aromatic rings. The largest absolute Gasteiger partial charge is 0.348 e. The molecule has 1 aliphatic carbocycles. The molecule has 0 saturated heterocycles. The van der Waals surface area contributed by atoms with Gasteiger partial charge in [0.1, 0.15) is 5.69 Å². The number of aromatic nitrogens is 2. The van der Waals surface area contributed by atoms with Crippen molar-refractivity contribution in [1.29, 1.82) is 0 Å². The fourth-order valence-electron chi connectivity index (χ4n) is 2.81. The van der Waals surface area contributed by atoms with E-state index in [0.29, 0.717) is 12.1 Å². The average molecular weight is 324 g/mol. The van der Waals surface area contributed by atoms with Crippen molar-refractivity contribution in [2.75, 3.05) is 0 Å². The van der Waals surface area contributed by atoms with Crippen molar-refractivity contribution in [3.05, 3.63) is 59.7 Å². The van der Waals surface area contributed by atoms with Crippen LogP contribution in [0.5, 0.6) is 0 Å². The predicted octanol–water partition coefficient (Wildman–Crippen LogP) is 2.08. The topological polar surface area (TPSA) is 84.0 Å². The molecule has 2 N–H and O–H groups in total. The molecular formula is C18H20N4O2. The van der Waals surface area contributed by atoms with Gasteiger partial charge in [-0.3, -0.25) is 19.6 Å². The summed E-state index contributed by atoms with van der Waals surface area (Å²) in [6, 6.07) is 7.05. The van der Waals surface area contributed by atoms with Gasteiger partial charge in [0.05, 0.1) is 0 Å². The molecular weight excluding hydrogens is 304 g/mol. The Hall–Kier alpha value is -2.76. The molecule has 0 atom stereocenters. The summed E-state index contributed by atoms with van der Waals surface area (Å²) in [6.07, 6.45) is 9.17. The van der Waals surface area contributed by atoms with Gasteiger partial charge < -0.3 is 10.6 Å². The second-order valence-corrected chi connectivity index (χ2v) is 5.92. The molecule has 124 valence electrons. The Morgan fingerprint density at radius 1 is 1.04 bits per heavy atom. The zero-order valence-electron chi connectivity index (χ0n) is 13.4. The van der Waals surface area contributed by atoms with Gasteiger partial charge in [-0.05, 0) is 42.7 Å². The van der Waals surface area contributed by atoms with Crippen LogP contribution in [0.1, 0.15) is 52.1 Å². The molecule has 3 rings (SSSR count). The monoisotopic (exact) mass is 324 g/mol. The molecule has 0 aromatic carbocycles. The molecule has 1 saturated carbocycles. The molecule has 0 aliphatic heterocycles. The van der Waals surface area contributed by atoms with Gasteiger partial charge in [-0.2, -0.15) is 0 Å². The van der Waals surface area contributed by atoms with Gasteiger partial charge in [0.15, 0.2) is 0 Å². The summed E-state index contributed by atoms with van der Waals surface area (Å²) in [4.78, 5) is 32.5. The van der Waals surface area contributed by atoms with E-state index in [1.807, 2.05) is 12.1 Å². The van der Waals surface area contributed by atoms with E-state index in [9.17, 15) is 9.59 Å². The molecule has 0 unspecified atom stereocenters. The number of amides is 2. The maximum atomic E-state index is 12.3.